The minimum absolute atomic E-state index is 0.186. The lowest BCUT2D eigenvalue weighted by atomic mass is 10.2. The van der Waals surface area contributed by atoms with E-state index in [-0.39, 0.29) is 11.7 Å². The van der Waals surface area contributed by atoms with Crippen LogP contribution in [0.4, 0.5) is 10.1 Å². The molecule has 33 heavy (non-hydrogen) atoms. The predicted molar refractivity (Wildman–Crippen MR) is 146 cm³/mol. The molecule has 0 radical (unpaired) electrons. The van der Waals surface area contributed by atoms with Crippen molar-refractivity contribution in [3.05, 3.63) is 89.7 Å². The van der Waals surface area contributed by atoms with Gasteiger partial charge in [-0.25, -0.2) is 9.38 Å². The van der Waals surface area contributed by atoms with Crippen molar-refractivity contribution in [2.24, 2.45) is 4.99 Å². The van der Waals surface area contributed by atoms with E-state index in [9.17, 15) is 9.18 Å². The fraction of sp³-hybridized carbons (Fsp3) is 0.0833. The Balaban J connectivity index is 1.48. The molecule has 9 heteroatoms. The Bertz CT molecular complexity index is 1220. The van der Waals surface area contributed by atoms with E-state index < -0.39 is 0 Å². The Labute approximate surface area is 222 Å². The van der Waals surface area contributed by atoms with Gasteiger partial charge >= 0.3 is 0 Å². The van der Waals surface area contributed by atoms with Crippen LogP contribution in [0.25, 0.3) is 6.08 Å². The van der Waals surface area contributed by atoms with Gasteiger partial charge in [0, 0.05) is 0 Å². The highest BCUT2D eigenvalue weighted by molar-refractivity contribution is 14.1. The van der Waals surface area contributed by atoms with Crippen LogP contribution in [0.5, 0.6) is 11.5 Å². The SMILES string of the molecule is COc1ccc(N=C2NC(=O)/C(=C\c3cc(I)c(OCc4ccc(F)cc4)c(I)c3)S2)cc1. The average molecular weight is 686 g/mol. The molecule has 1 aliphatic heterocycles. The predicted octanol–water partition coefficient (Wildman–Crippen LogP) is 6.51. The number of amidine groups is 1. The van der Waals surface area contributed by atoms with Crippen molar-refractivity contribution in [3.63, 3.8) is 0 Å². The minimum atomic E-state index is -0.272. The number of nitrogens with zero attached hydrogens (tertiary/aromatic N) is 1. The molecule has 0 bridgehead atoms. The Kier molecular flexibility index (Phi) is 7.91. The van der Waals surface area contributed by atoms with Crippen molar-refractivity contribution in [1.29, 1.82) is 0 Å². The maximum atomic E-state index is 13.1. The first-order valence-corrected chi connectivity index (χ1v) is 12.7. The Hall–Kier alpha value is -2.12. The van der Waals surface area contributed by atoms with E-state index in [4.69, 9.17) is 9.47 Å². The Morgan fingerprint density at radius 1 is 1.06 bits per heavy atom. The third kappa shape index (κ3) is 6.27. The summed E-state index contributed by atoms with van der Waals surface area (Å²) in [6.07, 6.45) is 1.84. The molecule has 1 N–H and O–H groups in total. The third-order valence-corrected chi connectivity index (χ3v) is 7.08. The average Bonchev–Trinajstić information content (AvgIpc) is 3.13. The molecular formula is C24H17FI2N2O3S. The molecule has 4 rings (SSSR count). The van der Waals surface area contributed by atoms with Gasteiger partial charge in [-0.05, 0) is 123 Å². The molecule has 1 amide bonds. The van der Waals surface area contributed by atoms with Crippen LogP contribution in [-0.4, -0.2) is 18.2 Å². The molecular weight excluding hydrogens is 669 g/mol. The fourth-order valence-corrected chi connectivity index (χ4v) is 5.91. The van der Waals surface area contributed by atoms with Crippen LogP contribution in [0, 0.1) is 13.0 Å². The molecule has 3 aromatic carbocycles. The van der Waals surface area contributed by atoms with Crippen LogP contribution in [0.3, 0.4) is 0 Å². The number of hydrogen-bond donors (Lipinski definition) is 1. The molecule has 0 aromatic heterocycles. The van der Waals surface area contributed by atoms with Crippen molar-refractivity contribution < 1.29 is 18.7 Å². The monoisotopic (exact) mass is 686 g/mol. The van der Waals surface area contributed by atoms with Crippen molar-refractivity contribution in [1.82, 2.24) is 5.32 Å². The van der Waals surface area contributed by atoms with Crippen LogP contribution in [0.1, 0.15) is 11.1 Å². The second-order valence-corrected chi connectivity index (χ2v) is 10.3. The molecule has 3 aromatic rings. The summed E-state index contributed by atoms with van der Waals surface area (Å²) in [5.74, 6) is 1.05. The van der Waals surface area contributed by atoms with Crippen LogP contribution in [0.15, 0.2) is 70.6 Å². The van der Waals surface area contributed by atoms with Crippen LogP contribution < -0.4 is 14.8 Å². The zero-order valence-corrected chi connectivity index (χ0v) is 22.4. The summed E-state index contributed by atoms with van der Waals surface area (Å²) < 4.78 is 26.1. The largest absolute Gasteiger partial charge is 0.497 e. The van der Waals surface area contributed by atoms with Gasteiger partial charge in [-0.2, -0.15) is 0 Å². The molecule has 0 unspecified atom stereocenters. The highest BCUT2D eigenvalue weighted by atomic mass is 127. The number of nitrogens with one attached hydrogen (secondary N) is 1. The van der Waals surface area contributed by atoms with Crippen molar-refractivity contribution in [3.8, 4) is 11.5 Å². The second kappa shape index (κ2) is 10.9. The summed E-state index contributed by atoms with van der Waals surface area (Å²) in [6, 6.07) is 17.5. The molecule has 1 heterocycles. The van der Waals surface area contributed by atoms with Crippen molar-refractivity contribution in [2.75, 3.05) is 7.11 Å². The number of rotatable bonds is 6. The first kappa shape index (κ1) is 24.0. The molecule has 0 aliphatic carbocycles. The number of ether oxygens (including phenoxy) is 2. The number of carbonyl (C=O) groups is 1. The summed E-state index contributed by atoms with van der Waals surface area (Å²) in [4.78, 5) is 17.5. The molecule has 5 nitrogen and oxygen atoms in total. The topological polar surface area (TPSA) is 59.9 Å². The van der Waals surface area contributed by atoms with Gasteiger partial charge in [-0.1, -0.05) is 12.1 Å². The summed E-state index contributed by atoms with van der Waals surface area (Å²) >= 11 is 5.73. The van der Waals surface area contributed by atoms with E-state index in [0.29, 0.717) is 16.7 Å². The van der Waals surface area contributed by atoms with Crippen molar-refractivity contribution >= 4 is 79.8 Å². The fourth-order valence-electron chi connectivity index (χ4n) is 2.94. The van der Waals surface area contributed by atoms with Gasteiger partial charge in [0.25, 0.3) is 5.91 Å². The molecule has 1 saturated heterocycles. The number of aliphatic imine (C=N–C) groups is 1. The maximum absolute atomic E-state index is 13.1. The number of halogens is 3. The minimum Gasteiger partial charge on any atom is -0.497 e. The molecule has 168 valence electrons. The normalized spacial score (nSPS) is 15.7. The summed E-state index contributed by atoms with van der Waals surface area (Å²) in [6.45, 7) is 0.343. The lowest BCUT2D eigenvalue weighted by Gasteiger charge is -2.12. The van der Waals surface area contributed by atoms with Gasteiger partial charge in [-0.3, -0.25) is 4.79 Å². The molecule has 1 aliphatic rings. The van der Waals surface area contributed by atoms with E-state index in [1.165, 1.54) is 23.9 Å². The highest BCUT2D eigenvalue weighted by Crippen LogP contribution is 2.33. The zero-order chi connectivity index (χ0) is 23.4. The van der Waals surface area contributed by atoms with Crippen LogP contribution >= 0.6 is 56.9 Å². The second-order valence-electron chi connectivity index (χ2n) is 6.91. The first-order chi connectivity index (χ1) is 15.9. The van der Waals surface area contributed by atoms with E-state index >= 15 is 0 Å². The molecule has 0 spiro atoms. The van der Waals surface area contributed by atoms with Gasteiger partial charge in [0.1, 0.15) is 23.9 Å². The number of methoxy groups -OCH3 is 1. The summed E-state index contributed by atoms with van der Waals surface area (Å²) in [5, 5.41) is 3.33. The number of amides is 1. The number of benzene rings is 3. The lowest BCUT2D eigenvalue weighted by Crippen LogP contribution is -2.19. The lowest BCUT2D eigenvalue weighted by molar-refractivity contribution is -0.115. The zero-order valence-electron chi connectivity index (χ0n) is 17.3. The van der Waals surface area contributed by atoms with Gasteiger partial charge in [-0.15, -0.1) is 0 Å². The van der Waals surface area contributed by atoms with Gasteiger partial charge in [0.15, 0.2) is 5.17 Å². The summed E-state index contributed by atoms with van der Waals surface area (Å²) in [5.41, 5.74) is 2.50. The van der Waals surface area contributed by atoms with E-state index in [1.54, 1.807) is 19.2 Å². The Morgan fingerprint density at radius 2 is 1.73 bits per heavy atom. The standard InChI is InChI=1S/C24H17FI2N2O3S/c1-31-18-8-6-17(7-9-18)28-24-29-23(30)21(33-24)12-15-10-19(26)22(20(27)11-15)32-13-14-2-4-16(25)5-3-14/h2-12H,13H2,1H3,(H,28,29,30)/b21-12+. The number of thioether (sulfide) groups is 1. The highest BCUT2D eigenvalue weighted by Gasteiger charge is 2.24. The summed E-state index contributed by atoms with van der Waals surface area (Å²) in [7, 11) is 1.61. The third-order valence-electron chi connectivity index (χ3n) is 4.57. The first-order valence-electron chi connectivity index (χ1n) is 9.71. The van der Waals surface area contributed by atoms with Gasteiger partial charge in [0.05, 0.1) is 24.8 Å². The van der Waals surface area contributed by atoms with Crippen LogP contribution in [0.2, 0.25) is 0 Å². The smallest absolute Gasteiger partial charge is 0.264 e. The van der Waals surface area contributed by atoms with E-state index in [0.717, 1.165) is 35.5 Å². The Morgan fingerprint density at radius 3 is 2.36 bits per heavy atom. The number of carbonyl (C=O) groups excluding carboxylic acids is 1. The van der Waals surface area contributed by atoms with Gasteiger partial charge in [0.2, 0.25) is 0 Å². The number of hydrogen-bond acceptors (Lipinski definition) is 5. The molecule has 1 fully saturated rings. The van der Waals surface area contributed by atoms with Crippen LogP contribution in [-0.2, 0) is 11.4 Å². The quantitative estimate of drug-likeness (QED) is 0.237. The molecule has 0 saturated carbocycles. The van der Waals surface area contributed by atoms with E-state index in [1.807, 2.05) is 42.5 Å². The molecule has 0 atom stereocenters. The van der Waals surface area contributed by atoms with Gasteiger partial charge < -0.3 is 14.8 Å². The van der Waals surface area contributed by atoms with Crippen molar-refractivity contribution in [2.45, 2.75) is 6.61 Å². The van der Waals surface area contributed by atoms with E-state index in [2.05, 4.69) is 55.5 Å². The maximum Gasteiger partial charge on any atom is 0.264 e.